The number of hydrogen-bond acceptors (Lipinski definition) is 5. The number of hydrogen-bond donors (Lipinski definition) is 2. The molecule has 1 aliphatic heterocycles. The third-order valence-corrected chi connectivity index (χ3v) is 5.74. The van der Waals surface area contributed by atoms with Crippen LogP contribution < -0.4 is 20.3 Å². The molecule has 7 nitrogen and oxygen atoms in total. The van der Waals surface area contributed by atoms with Gasteiger partial charge in [0.15, 0.2) is 0 Å². The molecular formula is C26H22ClN3O4. The molecule has 3 aromatic carbocycles. The second kappa shape index (κ2) is 9.41. The van der Waals surface area contributed by atoms with E-state index in [-0.39, 0.29) is 16.6 Å². The number of carbonyl (C=O) groups is 3. The molecule has 34 heavy (non-hydrogen) atoms. The van der Waals surface area contributed by atoms with Crippen LogP contribution in [-0.4, -0.2) is 24.8 Å². The van der Waals surface area contributed by atoms with E-state index in [9.17, 15) is 14.4 Å². The van der Waals surface area contributed by atoms with Crippen LogP contribution in [0.25, 0.3) is 0 Å². The highest BCUT2D eigenvalue weighted by molar-refractivity contribution is 6.53. The highest BCUT2D eigenvalue weighted by atomic mass is 35.5. The van der Waals surface area contributed by atoms with Gasteiger partial charge in [-0.15, -0.1) is 0 Å². The van der Waals surface area contributed by atoms with Crippen LogP contribution in [-0.2, 0) is 9.59 Å². The minimum atomic E-state index is -0.634. The Morgan fingerprint density at radius 2 is 1.68 bits per heavy atom. The molecule has 8 heteroatoms. The highest BCUT2D eigenvalue weighted by Crippen LogP contribution is 2.32. The van der Waals surface area contributed by atoms with Crippen molar-refractivity contribution in [1.29, 1.82) is 0 Å². The van der Waals surface area contributed by atoms with Gasteiger partial charge in [-0.3, -0.25) is 14.4 Å². The first kappa shape index (κ1) is 23.1. The molecule has 0 saturated carbocycles. The molecule has 0 fully saturated rings. The molecule has 2 N–H and O–H groups in total. The van der Waals surface area contributed by atoms with Gasteiger partial charge in [-0.1, -0.05) is 29.8 Å². The first-order valence-electron chi connectivity index (χ1n) is 10.5. The number of methoxy groups -OCH3 is 1. The maximum absolute atomic E-state index is 13.1. The summed E-state index contributed by atoms with van der Waals surface area (Å²) in [4.78, 5) is 39.6. The van der Waals surface area contributed by atoms with Crippen molar-refractivity contribution in [3.05, 3.63) is 94.1 Å². The molecule has 0 unspecified atom stereocenters. The highest BCUT2D eigenvalue weighted by Gasteiger charge is 2.39. The number of halogens is 1. The SMILES string of the molecule is COc1ccc(N2C(=O)C(Cl)=C(Nc3cc(C(=O)Nc4cccc(C)c4)ccc3C)C2=O)cc1. The van der Waals surface area contributed by atoms with Gasteiger partial charge in [0.05, 0.1) is 12.8 Å². The van der Waals surface area contributed by atoms with E-state index in [1.165, 1.54) is 7.11 Å². The predicted molar refractivity (Wildman–Crippen MR) is 132 cm³/mol. The van der Waals surface area contributed by atoms with E-state index in [2.05, 4.69) is 10.6 Å². The monoisotopic (exact) mass is 475 g/mol. The van der Waals surface area contributed by atoms with E-state index in [0.29, 0.717) is 28.4 Å². The number of rotatable bonds is 6. The minimum Gasteiger partial charge on any atom is -0.497 e. The zero-order valence-electron chi connectivity index (χ0n) is 18.8. The summed E-state index contributed by atoms with van der Waals surface area (Å²) in [6.45, 7) is 3.76. The van der Waals surface area contributed by atoms with Crippen molar-refractivity contribution >= 4 is 46.4 Å². The van der Waals surface area contributed by atoms with E-state index in [4.69, 9.17) is 16.3 Å². The van der Waals surface area contributed by atoms with Gasteiger partial charge in [-0.25, -0.2) is 4.90 Å². The Labute approximate surface area is 202 Å². The number of benzene rings is 3. The summed E-state index contributed by atoms with van der Waals surface area (Å²) in [6, 6.07) is 19.0. The molecule has 0 spiro atoms. The largest absolute Gasteiger partial charge is 0.497 e. The Morgan fingerprint density at radius 3 is 2.35 bits per heavy atom. The second-order valence-corrected chi connectivity index (χ2v) is 8.19. The van der Waals surface area contributed by atoms with E-state index in [0.717, 1.165) is 16.0 Å². The fourth-order valence-corrected chi connectivity index (χ4v) is 3.75. The molecule has 3 aromatic rings. The summed E-state index contributed by atoms with van der Waals surface area (Å²) in [6.07, 6.45) is 0. The molecule has 0 saturated heterocycles. The third-order valence-electron chi connectivity index (χ3n) is 5.39. The van der Waals surface area contributed by atoms with Crippen molar-refractivity contribution in [3.63, 3.8) is 0 Å². The molecule has 172 valence electrons. The summed E-state index contributed by atoms with van der Waals surface area (Å²) in [5.41, 5.74) is 3.66. The van der Waals surface area contributed by atoms with Crippen LogP contribution in [0, 0.1) is 13.8 Å². The van der Waals surface area contributed by atoms with E-state index in [1.807, 2.05) is 32.0 Å². The number of aryl methyl sites for hydroxylation is 2. The Kier molecular flexibility index (Phi) is 6.38. The molecule has 3 amide bonds. The van der Waals surface area contributed by atoms with Gasteiger partial charge in [0.1, 0.15) is 16.5 Å². The van der Waals surface area contributed by atoms with Crippen molar-refractivity contribution in [2.24, 2.45) is 0 Å². The second-order valence-electron chi connectivity index (χ2n) is 7.81. The molecule has 0 bridgehead atoms. The van der Waals surface area contributed by atoms with Crippen molar-refractivity contribution in [1.82, 2.24) is 0 Å². The molecule has 4 rings (SSSR count). The van der Waals surface area contributed by atoms with Gasteiger partial charge in [0, 0.05) is 16.9 Å². The number of anilines is 3. The van der Waals surface area contributed by atoms with Crippen molar-refractivity contribution < 1.29 is 19.1 Å². The summed E-state index contributed by atoms with van der Waals surface area (Å²) < 4.78 is 5.12. The zero-order chi connectivity index (χ0) is 24.4. The van der Waals surface area contributed by atoms with Gasteiger partial charge >= 0.3 is 0 Å². The smallest absolute Gasteiger partial charge is 0.283 e. The molecule has 1 heterocycles. The standard InChI is InChI=1S/C26H22ClN3O4/c1-15-5-4-6-18(13-15)28-24(31)17-8-7-16(2)21(14-17)29-23-22(27)25(32)30(26(23)33)19-9-11-20(34-3)12-10-19/h4-14,29H,1-3H3,(H,28,31). The molecule has 0 atom stereocenters. The first-order valence-corrected chi connectivity index (χ1v) is 10.8. The molecule has 1 aliphatic rings. The van der Waals surface area contributed by atoms with Crippen LogP contribution in [0.4, 0.5) is 17.1 Å². The topological polar surface area (TPSA) is 87.7 Å². The van der Waals surface area contributed by atoms with E-state index < -0.39 is 11.8 Å². The average Bonchev–Trinajstić information content (AvgIpc) is 3.03. The molecular weight excluding hydrogens is 454 g/mol. The van der Waals surface area contributed by atoms with Crippen LogP contribution >= 0.6 is 11.6 Å². The molecule has 0 radical (unpaired) electrons. The Bertz CT molecular complexity index is 1330. The number of nitrogens with one attached hydrogen (secondary N) is 2. The Balaban J connectivity index is 1.57. The molecule has 0 aromatic heterocycles. The van der Waals surface area contributed by atoms with Crippen molar-refractivity contribution in [3.8, 4) is 5.75 Å². The van der Waals surface area contributed by atoms with Gasteiger partial charge < -0.3 is 15.4 Å². The number of carbonyl (C=O) groups excluding carboxylic acids is 3. The van der Waals surface area contributed by atoms with Crippen LogP contribution in [0.2, 0.25) is 0 Å². The first-order chi connectivity index (χ1) is 16.3. The van der Waals surface area contributed by atoms with Gasteiger partial charge in [0.25, 0.3) is 17.7 Å². The number of amides is 3. The maximum atomic E-state index is 13.1. The predicted octanol–water partition coefficient (Wildman–Crippen LogP) is 5.00. The Hall–Kier alpha value is -4.10. The lowest BCUT2D eigenvalue weighted by Gasteiger charge is -2.16. The summed E-state index contributed by atoms with van der Waals surface area (Å²) in [7, 11) is 1.53. The fraction of sp³-hybridized carbons (Fsp3) is 0.115. The summed E-state index contributed by atoms with van der Waals surface area (Å²) in [5, 5.41) is 5.59. The van der Waals surface area contributed by atoms with Gasteiger partial charge in [-0.2, -0.15) is 0 Å². The van der Waals surface area contributed by atoms with Crippen LogP contribution in [0.1, 0.15) is 21.5 Å². The number of nitrogens with zero attached hydrogens (tertiary/aromatic N) is 1. The average molecular weight is 476 g/mol. The van der Waals surface area contributed by atoms with Crippen LogP contribution in [0.5, 0.6) is 5.75 Å². The summed E-state index contributed by atoms with van der Waals surface area (Å²) in [5.74, 6) is -0.932. The van der Waals surface area contributed by atoms with Crippen LogP contribution in [0.15, 0.2) is 77.5 Å². The molecule has 0 aliphatic carbocycles. The summed E-state index contributed by atoms with van der Waals surface area (Å²) >= 11 is 6.25. The maximum Gasteiger partial charge on any atom is 0.283 e. The fourth-order valence-electron chi connectivity index (χ4n) is 3.54. The number of imide groups is 1. The zero-order valence-corrected chi connectivity index (χ0v) is 19.6. The van der Waals surface area contributed by atoms with Gasteiger partial charge in [0.2, 0.25) is 0 Å². The van der Waals surface area contributed by atoms with E-state index >= 15 is 0 Å². The van der Waals surface area contributed by atoms with E-state index in [1.54, 1.807) is 48.5 Å². The van der Waals surface area contributed by atoms with Crippen molar-refractivity contribution in [2.75, 3.05) is 22.6 Å². The van der Waals surface area contributed by atoms with Crippen LogP contribution in [0.3, 0.4) is 0 Å². The quantitative estimate of drug-likeness (QED) is 0.490. The van der Waals surface area contributed by atoms with Gasteiger partial charge in [-0.05, 0) is 73.5 Å². The van der Waals surface area contributed by atoms with Crippen molar-refractivity contribution in [2.45, 2.75) is 13.8 Å². The normalized spacial score (nSPS) is 13.4. The lowest BCUT2D eigenvalue weighted by Crippen LogP contribution is -2.32. The minimum absolute atomic E-state index is 0.0539. The Morgan fingerprint density at radius 1 is 0.941 bits per heavy atom. The lowest BCUT2D eigenvalue weighted by molar-refractivity contribution is -0.120. The lowest BCUT2D eigenvalue weighted by atomic mass is 10.1. The third kappa shape index (κ3) is 4.51. The number of ether oxygens (including phenoxy) is 1.